The minimum atomic E-state index is -0.431. The number of hydrogen-bond donors (Lipinski definition) is 0. The van der Waals surface area contributed by atoms with Crippen LogP contribution in [0.5, 0.6) is 0 Å². The second kappa shape index (κ2) is 5.93. The Kier molecular flexibility index (Phi) is 4.25. The van der Waals surface area contributed by atoms with E-state index in [1.54, 1.807) is 12.4 Å². The summed E-state index contributed by atoms with van der Waals surface area (Å²) < 4.78 is 5.45. The molecule has 1 aliphatic heterocycles. The number of likely N-dealkylation sites (tertiary alicyclic amines) is 1. The van der Waals surface area contributed by atoms with E-state index in [1.165, 1.54) is 0 Å². The predicted octanol–water partition coefficient (Wildman–Crippen LogP) is 4.02. The molecule has 1 saturated carbocycles. The molecule has 1 aromatic rings. The van der Waals surface area contributed by atoms with E-state index in [4.69, 9.17) is 16.3 Å². The number of nitrogens with zero attached hydrogens (tertiary/aromatic N) is 3. The Balaban J connectivity index is 1.50. The number of ether oxygens (including phenoxy) is 1. The molecule has 1 spiro atoms. The van der Waals surface area contributed by atoms with Crippen LogP contribution in [0.2, 0.25) is 5.02 Å². The minimum Gasteiger partial charge on any atom is -0.444 e. The fourth-order valence-corrected chi connectivity index (χ4v) is 3.70. The SMILES string of the molecule is CC(C)(C)OC(=O)N1CCC2(CC1)CC(c1ncc(Cl)cn1)C2. The standard InChI is InChI=1S/C17H24ClN3O2/c1-16(2,3)23-15(22)21-6-4-17(5-7-21)8-12(9-17)14-19-10-13(18)11-20-14/h10-12H,4-9H2,1-3H3. The van der Waals surface area contributed by atoms with Gasteiger partial charge < -0.3 is 9.64 Å². The van der Waals surface area contributed by atoms with E-state index in [2.05, 4.69) is 9.97 Å². The molecule has 2 aliphatic rings. The van der Waals surface area contributed by atoms with Crippen molar-refractivity contribution in [3.05, 3.63) is 23.2 Å². The maximum absolute atomic E-state index is 12.1. The van der Waals surface area contributed by atoms with E-state index in [-0.39, 0.29) is 6.09 Å². The van der Waals surface area contributed by atoms with Gasteiger partial charge in [-0.05, 0) is 51.9 Å². The second-order valence-electron chi connectivity index (χ2n) is 7.83. The number of carbonyl (C=O) groups is 1. The van der Waals surface area contributed by atoms with Gasteiger partial charge in [-0.15, -0.1) is 0 Å². The summed E-state index contributed by atoms with van der Waals surface area (Å²) >= 11 is 5.84. The van der Waals surface area contributed by atoms with Crippen molar-refractivity contribution in [2.75, 3.05) is 13.1 Å². The molecule has 1 saturated heterocycles. The maximum atomic E-state index is 12.1. The van der Waals surface area contributed by atoms with Gasteiger partial charge in [0.15, 0.2) is 0 Å². The van der Waals surface area contributed by atoms with Gasteiger partial charge in [-0.2, -0.15) is 0 Å². The molecule has 0 atom stereocenters. The zero-order chi connectivity index (χ0) is 16.7. The lowest BCUT2D eigenvalue weighted by atomic mass is 9.57. The quantitative estimate of drug-likeness (QED) is 0.776. The number of halogens is 1. The van der Waals surface area contributed by atoms with Crippen molar-refractivity contribution in [3.8, 4) is 0 Å². The first-order valence-corrected chi connectivity index (χ1v) is 8.60. The van der Waals surface area contributed by atoms with Crippen LogP contribution >= 0.6 is 11.6 Å². The fraction of sp³-hybridized carbons (Fsp3) is 0.706. The van der Waals surface area contributed by atoms with Crippen LogP contribution in [0.3, 0.4) is 0 Å². The van der Waals surface area contributed by atoms with Gasteiger partial charge in [0.25, 0.3) is 0 Å². The smallest absolute Gasteiger partial charge is 0.410 e. The van der Waals surface area contributed by atoms with Gasteiger partial charge in [-0.25, -0.2) is 14.8 Å². The molecule has 1 amide bonds. The predicted molar refractivity (Wildman–Crippen MR) is 88.5 cm³/mol. The largest absolute Gasteiger partial charge is 0.444 e. The molecule has 1 aromatic heterocycles. The van der Waals surface area contributed by atoms with Crippen LogP contribution in [0.25, 0.3) is 0 Å². The third-order valence-electron chi connectivity index (χ3n) is 4.84. The highest BCUT2D eigenvalue weighted by atomic mass is 35.5. The van der Waals surface area contributed by atoms with Crippen molar-refractivity contribution in [3.63, 3.8) is 0 Å². The summed E-state index contributed by atoms with van der Waals surface area (Å²) in [6, 6.07) is 0. The van der Waals surface area contributed by atoms with E-state index < -0.39 is 5.60 Å². The van der Waals surface area contributed by atoms with Crippen LogP contribution in [0, 0.1) is 5.41 Å². The second-order valence-corrected chi connectivity index (χ2v) is 8.27. The van der Waals surface area contributed by atoms with Crippen LogP contribution in [0.1, 0.15) is 58.2 Å². The summed E-state index contributed by atoms with van der Waals surface area (Å²) in [6.45, 7) is 7.27. The lowest BCUT2D eigenvalue weighted by molar-refractivity contribution is -0.0132. The monoisotopic (exact) mass is 337 g/mol. The number of carbonyl (C=O) groups excluding carboxylic acids is 1. The molecule has 3 rings (SSSR count). The summed E-state index contributed by atoms with van der Waals surface area (Å²) in [6.07, 6.45) is 7.43. The third-order valence-corrected chi connectivity index (χ3v) is 5.04. The zero-order valence-corrected chi connectivity index (χ0v) is 14.8. The van der Waals surface area contributed by atoms with Crippen molar-refractivity contribution in [1.82, 2.24) is 14.9 Å². The van der Waals surface area contributed by atoms with Crippen molar-refractivity contribution >= 4 is 17.7 Å². The van der Waals surface area contributed by atoms with Gasteiger partial charge in [0.05, 0.1) is 5.02 Å². The van der Waals surface area contributed by atoms with Gasteiger partial charge in [-0.3, -0.25) is 0 Å². The van der Waals surface area contributed by atoms with Crippen LogP contribution < -0.4 is 0 Å². The highest BCUT2D eigenvalue weighted by Crippen LogP contribution is 2.56. The molecule has 1 aliphatic carbocycles. The molecule has 0 bridgehead atoms. The summed E-state index contributed by atoms with van der Waals surface area (Å²) in [4.78, 5) is 22.6. The first-order valence-electron chi connectivity index (χ1n) is 8.22. The number of piperidine rings is 1. The molecule has 126 valence electrons. The van der Waals surface area contributed by atoms with Crippen LogP contribution in [-0.2, 0) is 4.74 Å². The van der Waals surface area contributed by atoms with Gasteiger partial charge in [0.1, 0.15) is 11.4 Å². The topological polar surface area (TPSA) is 55.3 Å². The lowest BCUT2D eigenvalue weighted by Gasteiger charge is -2.51. The number of aromatic nitrogens is 2. The Morgan fingerprint density at radius 1 is 1.26 bits per heavy atom. The first-order chi connectivity index (χ1) is 10.8. The Labute approximate surface area is 142 Å². The molecular weight excluding hydrogens is 314 g/mol. The maximum Gasteiger partial charge on any atom is 0.410 e. The van der Waals surface area contributed by atoms with Gasteiger partial charge in [0, 0.05) is 31.4 Å². The van der Waals surface area contributed by atoms with Crippen LogP contribution in [0.15, 0.2) is 12.4 Å². The Bertz CT molecular complexity index is 566. The highest BCUT2D eigenvalue weighted by molar-refractivity contribution is 6.30. The fourth-order valence-electron chi connectivity index (χ4n) is 3.60. The number of amides is 1. The van der Waals surface area contributed by atoms with Crippen LogP contribution in [-0.4, -0.2) is 39.7 Å². The minimum absolute atomic E-state index is 0.191. The summed E-state index contributed by atoms with van der Waals surface area (Å²) in [5, 5.41) is 0.577. The molecule has 2 heterocycles. The van der Waals surface area contributed by atoms with E-state index >= 15 is 0 Å². The van der Waals surface area contributed by atoms with Crippen molar-refractivity contribution in [2.45, 2.75) is 58.0 Å². The molecule has 0 aromatic carbocycles. The van der Waals surface area contributed by atoms with Crippen LogP contribution in [0.4, 0.5) is 4.79 Å². The summed E-state index contributed by atoms with van der Waals surface area (Å²) in [7, 11) is 0. The van der Waals surface area contributed by atoms with Gasteiger partial charge in [0.2, 0.25) is 0 Å². The first kappa shape index (κ1) is 16.5. The molecule has 5 nitrogen and oxygen atoms in total. The average molecular weight is 338 g/mol. The summed E-state index contributed by atoms with van der Waals surface area (Å²) in [5.41, 5.74) is -0.0775. The molecular formula is C17H24ClN3O2. The van der Waals surface area contributed by atoms with E-state index in [0.717, 1.165) is 44.6 Å². The van der Waals surface area contributed by atoms with E-state index in [1.807, 2.05) is 25.7 Å². The van der Waals surface area contributed by atoms with Crippen molar-refractivity contribution < 1.29 is 9.53 Å². The van der Waals surface area contributed by atoms with Gasteiger partial charge in [-0.1, -0.05) is 11.6 Å². The van der Waals surface area contributed by atoms with Crippen molar-refractivity contribution in [1.29, 1.82) is 0 Å². The Hall–Kier alpha value is -1.36. The molecule has 0 unspecified atom stereocenters. The van der Waals surface area contributed by atoms with E-state index in [9.17, 15) is 4.79 Å². The Morgan fingerprint density at radius 2 is 1.83 bits per heavy atom. The highest BCUT2D eigenvalue weighted by Gasteiger charge is 2.48. The zero-order valence-electron chi connectivity index (χ0n) is 14.0. The lowest BCUT2D eigenvalue weighted by Crippen LogP contribution is -2.49. The van der Waals surface area contributed by atoms with Gasteiger partial charge >= 0.3 is 6.09 Å². The third kappa shape index (κ3) is 3.77. The van der Waals surface area contributed by atoms with E-state index in [0.29, 0.717) is 16.4 Å². The average Bonchev–Trinajstić information content (AvgIpc) is 2.44. The molecule has 0 radical (unpaired) electrons. The Morgan fingerprint density at radius 3 is 2.35 bits per heavy atom. The summed E-state index contributed by atoms with van der Waals surface area (Å²) in [5.74, 6) is 1.33. The molecule has 2 fully saturated rings. The number of hydrogen-bond acceptors (Lipinski definition) is 4. The number of rotatable bonds is 1. The molecule has 23 heavy (non-hydrogen) atoms. The normalized spacial score (nSPS) is 21.1. The van der Waals surface area contributed by atoms with Crippen molar-refractivity contribution in [2.24, 2.45) is 5.41 Å². The molecule has 6 heteroatoms. The molecule has 0 N–H and O–H groups in total.